The van der Waals surface area contributed by atoms with Gasteiger partial charge in [-0.3, -0.25) is 10.1 Å². The van der Waals surface area contributed by atoms with Crippen molar-refractivity contribution >= 4 is 23.1 Å². The van der Waals surface area contributed by atoms with Crippen LogP contribution in [0.15, 0.2) is 24.5 Å². The number of aromatic nitrogens is 2. The van der Waals surface area contributed by atoms with E-state index in [9.17, 15) is 18.9 Å². The van der Waals surface area contributed by atoms with Crippen molar-refractivity contribution in [2.24, 2.45) is 0 Å². The van der Waals surface area contributed by atoms with Gasteiger partial charge in [0, 0.05) is 18.2 Å². The van der Waals surface area contributed by atoms with Crippen molar-refractivity contribution in [3.05, 3.63) is 57.0 Å². The molecule has 0 aliphatic heterocycles. The van der Waals surface area contributed by atoms with E-state index in [0.29, 0.717) is 0 Å². The van der Waals surface area contributed by atoms with Crippen LogP contribution in [0.1, 0.15) is 5.56 Å². The smallest absolute Gasteiger partial charge is 0.348 e. The minimum Gasteiger partial charge on any atom is -0.360 e. The Labute approximate surface area is 116 Å². The van der Waals surface area contributed by atoms with E-state index >= 15 is 0 Å². The zero-order chi connectivity index (χ0) is 14.7. The van der Waals surface area contributed by atoms with Crippen molar-refractivity contribution in [3.63, 3.8) is 0 Å². The second kappa shape index (κ2) is 5.74. The van der Waals surface area contributed by atoms with Crippen molar-refractivity contribution < 1.29 is 13.7 Å². The molecular weight excluding hydrogens is 294 g/mol. The standard InChI is InChI=1S/C11H7ClF2N4O2/c12-10-9(18(19)20)11(17-5-16-10)15-4-6-1-2-7(13)3-8(6)14/h1-3,5H,4H2,(H,15,16,17). The Bertz CT molecular complexity index is 669. The Hall–Kier alpha value is -2.35. The second-order valence-electron chi connectivity index (χ2n) is 3.71. The maximum absolute atomic E-state index is 13.4. The van der Waals surface area contributed by atoms with Gasteiger partial charge in [0.05, 0.1) is 4.92 Å². The van der Waals surface area contributed by atoms with E-state index in [1.807, 2.05) is 0 Å². The number of anilines is 1. The molecule has 0 saturated heterocycles. The number of benzene rings is 1. The average molecular weight is 301 g/mol. The van der Waals surface area contributed by atoms with Gasteiger partial charge >= 0.3 is 5.69 Å². The summed E-state index contributed by atoms with van der Waals surface area (Å²) in [5.74, 6) is -1.61. The Morgan fingerprint density at radius 3 is 2.75 bits per heavy atom. The van der Waals surface area contributed by atoms with Gasteiger partial charge in [-0.2, -0.15) is 0 Å². The number of nitro groups is 1. The Morgan fingerprint density at radius 2 is 2.10 bits per heavy atom. The molecule has 0 spiro atoms. The molecule has 0 amide bonds. The molecule has 0 aliphatic rings. The lowest BCUT2D eigenvalue weighted by Crippen LogP contribution is -2.07. The van der Waals surface area contributed by atoms with Gasteiger partial charge in [0.25, 0.3) is 0 Å². The van der Waals surface area contributed by atoms with E-state index in [-0.39, 0.29) is 23.1 Å². The fraction of sp³-hybridized carbons (Fsp3) is 0.0909. The number of hydrogen-bond donors (Lipinski definition) is 1. The lowest BCUT2D eigenvalue weighted by Gasteiger charge is -2.07. The third-order valence-electron chi connectivity index (χ3n) is 2.42. The summed E-state index contributed by atoms with van der Waals surface area (Å²) < 4.78 is 26.2. The van der Waals surface area contributed by atoms with Crippen LogP contribution in [0.3, 0.4) is 0 Å². The summed E-state index contributed by atoms with van der Waals surface area (Å²) in [7, 11) is 0. The Kier molecular flexibility index (Phi) is 4.04. The topological polar surface area (TPSA) is 81.0 Å². The quantitative estimate of drug-likeness (QED) is 0.533. The molecule has 6 nitrogen and oxygen atoms in total. The Morgan fingerprint density at radius 1 is 1.35 bits per heavy atom. The fourth-order valence-corrected chi connectivity index (χ4v) is 1.69. The molecule has 2 aromatic rings. The van der Waals surface area contributed by atoms with E-state index in [1.54, 1.807) is 0 Å². The molecule has 1 N–H and O–H groups in total. The third kappa shape index (κ3) is 2.97. The van der Waals surface area contributed by atoms with Gasteiger partial charge in [-0.25, -0.2) is 18.7 Å². The van der Waals surface area contributed by atoms with Gasteiger partial charge in [0.15, 0.2) is 0 Å². The molecule has 0 unspecified atom stereocenters. The van der Waals surface area contributed by atoms with Crippen LogP contribution in [0.25, 0.3) is 0 Å². The van der Waals surface area contributed by atoms with Crippen LogP contribution in [-0.2, 0) is 6.54 Å². The zero-order valence-corrected chi connectivity index (χ0v) is 10.6. The van der Waals surface area contributed by atoms with Crippen molar-refractivity contribution in [1.29, 1.82) is 0 Å². The molecule has 0 saturated carbocycles. The molecule has 20 heavy (non-hydrogen) atoms. The summed E-state index contributed by atoms with van der Waals surface area (Å²) >= 11 is 5.60. The third-order valence-corrected chi connectivity index (χ3v) is 2.70. The molecule has 1 aromatic heterocycles. The minimum absolute atomic E-state index is 0.111. The number of halogens is 3. The molecule has 104 valence electrons. The molecule has 0 fully saturated rings. The summed E-state index contributed by atoms with van der Waals surface area (Å²) in [5, 5.41) is 13.1. The van der Waals surface area contributed by atoms with Crippen molar-refractivity contribution in [1.82, 2.24) is 9.97 Å². The monoisotopic (exact) mass is 300 g/mol. The second-order valence-corrected chi connectivity index (χ2v) is 4.07. The SMILES string of the molecule is O=[N+]([O-])c1c(Cl)ncnc1NCc1ccc(F)cc1F. The lowest BCUT2D eigenvalue weighted by atomic mass is 10.2. The first kappa shape index (κ1) is 14.1. The maximum atomic E-state index is 13.4. The summed E-state index contributed by atoms with van der Waals surface area (Å²) in [6.07, 6.45) is 1.04. The summed E-state index contributed by atoms with van der Waals surface area (Å²) in [6, 6.07) is 3.03. The Balaban J connectivity index is 2.23. The summed E-state index contributed by atoms with van der Waals surface area (Å²) in [6.45, 7) is -0.111. The molecule has 2 rings (SSSR count). The molecule has 0 bridgehead atoms. The number of rotatable bonds is 4. The number of nitrogens with zero attached hydrogens (tertiary/aromatic N) is 3. The van der Waals surface area contributed by atoms with Gasteiger partial charge in [0.1, 0.15) is 18.0 Å². The molecule has 1 aromatic carbocycles. The van der Waals surface area contributed by atoms with Crippen molar-refractivity contribution in [2.45, 2.75) is 6.54 Å². The predicted octanol–water partition coefficient (Wildman–Crippen LogP) is 2.93. The maximum Gasteiger partial charge on any atom is 0.348 e. The molecule has 0 aliphatic carbocycles. The van der Waals surface area contributed by atoms with Gasteiger partial charge in [-0.05, 0) is 6.07 Å². The first-order valence-electron chi connectivity index (χ1n) is 5.31. The highest BCUT2D eigenvalue weighted by Crippen LogP contribution is 2.28. The van der Waals surface area contributed by atoms with Gasteiger partial charge < -0.3 is 5.32 Å². The van der Waals surface area contributed by atoms with Crippen LogP contribution in [0, 0.1) is 21.7 Å². The van der Waals surface area contributed by atoms with Crippen molar-refractivity contribution in [2.75, 3.05) is 5.32 Å². The van der Waals surface area contributed by atoms with Crippen LogP contribution in [0.2, 0.25) is 5.15 Å². The fourth-order valence-electron chi connectivity index (χ4n) is 1.49. The van der Waals surface area contributed by atoms with E-state index in [0.717, 1.165) is 18.5 Å². The molecule has 1 heterocycles. The van der Waals surface area contributed by atoms with Gasteiger partial charge in [-0.15, -0.1) is 0 Å². The molecule has 0 atom stereocenters. The number of nitrogens with one attached hydrogen (secondary N) is 1. The summed E-state index contributed by atoms with van der Waals surface area (Å²) in [5.41, 5.74) is -0.368. The van der Waals surface area contributed by atoms with Gasteiger partial charge in [-0.1, -0.05) is 17.7 Å². The van der Waals surface area contributed by atoms with E-state index < -0.39 is 22.2 Å². The minimum atomic E-state index is -0.764. The largest absolute Gasteiger partial charge is 0.360 e. The van der Waals surface area contributed by atoms with Crippen LogP contribution >= 0.6 is 11.6 Å². The number of hydrogen-bond acceptors (Lipinski definition) is 5. The van der Waals surface area contributed by atoms with Crippen LogP contribution in [0.5, 0.6) is 0 Å². The zero-order valence-electron chi connectivity index (χ0n) is 9.81. The highest BCUT2D eigenvalue weighted by Gasteiger charge is 2.21. The van der Waals surface area contributed by atoms with E-state index in [1.165, 1.54) is 6.07 Å². The summed E-state index contributed by atoms with van der Waals surface area (Å²) in [4.78, 5) is 17.3. The van der Waals surface area contributed by atoms with E-state index in [2.05, 4.69) is 15.3 Å². The van der Waals surface area contributed by atoms with Crippen LogP contribution < -0.4 is 5.32 Å². The molecular formula is C11H7ClF2N4O2. The first-order valence-corrected chi connectivity index (χ1v) is 5.69. The lowest BCUT2D eigenvalue weighted by molar-refractivity contribution is -0.384. The molecule has 9 heteroatoms. The van der Waals surface area contributed by atoms with Crippen molar-refractivity contribution in [3.8, 4) is 0 Å². The highest BCUT2D eigenvalue weighted by molar-refractivity contribution is 6.31. The van der Waals surface area contributed by atoms with Crippen LogP contribution in [0.4, 0.5) is 20.3 Å². The van der Waals surface area contributed by atoms with Gasteiger partial charge in [0.2, 0.25) is 11.0 Å². The molecule has 0 radical (unpaired) electrons. The average Bonchev–Trinajstić information content (AvgIpc) is 2.37. The predicted molar refractivity (Wildman–Crippen MR) is 67.4 cm³/mol. The first-order chi connectivity index (χ1) is 9.49. The van der Waals surface area contributed by atoms with E-state index in [4.69, 9.17) is 11.6 Å². The highest BCUT2D eigenvalue weighted by atomic mass is 35.5. The van der Waals surface area contributed by atoms with Crippen LogP contribution in [-0.4, -0.2) is 14.9 Å². The normalized spacial score (nSPS) is 10.3.